The first-order valence-electron chi connectivity index (χ1n) is 7.40. The minimum absolute atomic E-state index is 0.00423. The molecule has 0 radical (unpaired) electrons. The number of hydrogen-bond acceptors (Lipinski definition) is 4. The third-order valence-corrected chi connectivity index (χ3v) is 6.29. The number of halogens is 1. The van der Waals surface area contributed by atoms with E-state index in [0.29, 0.717) is 17.1 Å². The van der Waals surface area contributed by atoms with Crippen molar-refractivity contribution in [3.8, 4) is 0 Å². The Labute approximate surface area is 139 Å². The van der Waals surface area contributed by atoms with E-state index in [-0.39, 0.29) is 42.3 Å². The molecular formula is C15H17ClN2O4S. The Morgan fingerprint density at radius 3 is 2.57 bits per heavy atom. The van der Waals surface area contributed by atoms with Gasteiger partial charge in [-0.3, -0.25) is 9.59 Å². The molecule has 6 nitrogen and oxygen atoms in total. The van der Waals surface area contributed by atoms with Crippen LogP contribution in [0, 0.1) is 5.92 Å². The molecule has 0 bridgehead atoms. The van der Waals surface area contributed by atoms with Crippen molar-refractivity contribution in [3.63, 3.8) is 0 Å². The Bertz CT molecular complexity index is 732. The van der Waals surface area contributed by atoms with Gasteiger partial charge in [-0.1, -0.05) is 11.6 Å². The average Bonchev–Trinajstić information content (AvgIpc) is 3.04. The van der Waals surface area contributed by atoms with Crippen molar-refractivity contribution in [1.82, 2.24) is 4.90 Å². The number of likely N-dealkylation sites (tertiary alicyclic amines) is 1. The van der Waals surface area contributed by atoms with Gasteiger partial charge in [-0.2, -0.15) is 0 Å². The smallest absolute Gasteiger partial charge is 0.229 e. The van der Waals surface area contributed by atoms with E-state index in [2.05, 4.69) is 5.32 Å². The monoisotopic (exact) mass is 356 g/mol. The highest BCUT2D eigenvalue weighted by atomic mass is 35.5. The van der Waals surface area contributed by atoms with Crippen molar-refractivity contribution in [1.29, 1.82) is 0 Å². The maximum Gasteiger partial charge on any atom is 0.229 e. The number of rotatable bonds is 3. The van der Waals surface area contributed by atoms with Gasteiger partial charge in [-0.25, -0.2) is 8.42 Å². The molecule has 1 N–H and O–H groups in total. The lowest BCUT2D eigenvalue weighted by molar-refractivity contribution is -0.129. The molecule has 2 heterocycles. The zero-order valence-corrected chi connectivity index (χ0v) is 13.9. The fourth-order valence-corrected chi connectivity index (χ4v) is 4.92. The van der Waals surface area contributed by atoms with Gasteiger partial charge in [-0.15, -0.1) is 0 Å². The SMILES string of the molecule is O=C(Nc1ccc(Cl)cc1)C1CC(=O)N(C2CCS(=O)(=O)C2)C1. The lowest BCUT2D eigenvalue weighted by Gasteiger charge is -2.22. The van der Waals surface area contributed by atoms with Gasteiger partial charge in [0.1, 0.15) is 0 Å². The van der Waals surface area contributed by atoms with Crippen LogP contribution >= 0.6 is 11.6 Å². The summed E-state index contributed by atoms with van der Waals surface area (Å²) in [4.78, 5) is 26.0. The van der Waals surface area contributed by atoms with E-state index in [0.717, 1.165) is 0 Å². The predicted octanol–water partition coefficient (Wildman–Crippen LogP) is 1.31. The molecule has 0 aromatic heterocycles. The van der Waals surface area contributed by atoms with E-state index in [4.69, 9.17) is 11.6 Å². The number of benzene rings is 1. The lowest BCUT2D eigenvalue weighted by atomic mass is 10.1. The second kappa shape index (κ2) is 6.13. The number of hydrogen-bond donors (Lipinski definition) is 1. The molecule has 8 heteroatoms. The first-order valence-corrected chi connectivity index (χ1v) is 9.60. The summed E-state index contributed by atoms with van der Waals surface area (Å²) in [6, 6.07) is 6.44. The van der Waals surface area contributed by atoms with E-state index >= 15 is 0 Å². The highest BCUT2D eigenvalue weighted by Crippen LogP contribution is 2.27. The number of amides is 2. The number of sulfone groups is 1. The zero-order chi connectivity index (χ0) is 16.6. The Balaban J connectivity index is 1.63. The standard InChI is InChI=1S/C15H17ClN2O4S/c16-11-1-3-12(4-2-11)17-15(20)10-7-14(19)18(8-10)13-5-6-23(21,22)9-13/h1-4,10,13H,5-9H2,(H,17,20). The van der Waals surface area contributed by atoms with Gasteiger partial charge >= 0.3 is 0 Å². The van der Waals surface area contributed by atoms with Crippen molar-refractivity contribution >= 4 is 38.9 Å². The molecule has 2 aliphatic rings. The van der Waals surface area contributed by atoms with Crippen LogP contribution in [0.4, 0.5) is 5.69 Å². The fourth-order valence-electron chi connectivity index (χ4n) is 3.06. The summed E-state index contributed by atoms with van der Waals surface area (Å²) >= 11 is 5.80. The van der Waals surface area contributed by atoms with Crippen LogP contribution in [-0.2, 0) is 19.4 Å². The van der Waals surface area contributed by atoms with Gasteiger partial charge < -0.3 is 10.2 Å². The van der Waals surface area contributed by atoms with E-state index in [1.165, 1.54) is 0 Å². The van der Waals surface area contributed by atoms with Crippen LogP contribution < -0.4 is 5.32 Å². The molecule has 2 atom stereocenters. The van der Waals surface area contributed by atoms with Gasteiger partial charge in [0.15, 0.2) is 9.84 Å². The maximum atomic E-state index is 12.3. The summed E-state index contributed by atoms with van der Waals surface area (Å²) < 4.78 is 23.1. The van der Waals surface area contributed by atoms with E-state index < -0.39 is 15.8 Å². The van der Waals surface area contributed by atoms with Gasteiger partial charge in [0.25, 0.3) is 0 Å². The van der Waals surface area contributed by atoms with Crippen LogP contribution in [0.15, 0.2) is 24.3 Å². The van der Waals surface area contributed by atoms with Gasteiger partial charge in [-0.05, 0) is 30.7 Å². The molecule has 2 amide bonds. The molecule has 0 spiro atoms. The molecule has 2 aliphatic heterocycles. The summed E-state index contributed by atoms with van der Waals surface area (Å²) in [6.45, 7) is 0.276. The molecule has 0 aliphatic carbocycles. The minimum Gasteiger partial charge on any atom is -0.338 e. The van der Waals surface area contributed by atoms with Gasteiger partial charge in [0.2, 0.25) is 11.8 Å². The lowest BCUT2D eigenvalue weighted by Crippen LogP contribution is -2.38. The summed E-state index contributed by atoms with van der Waals surface area (Å²) in [6.07, 6.45) is 0.579. The second-order valence-corrected chi connectivity index (χ2v) is 8.67. The number of nitrogens with one attached hydrogen (secondary N) is 1. The largest absolute Gasteiger partial charge is 0.338 e. The van der Waals surface area contributed by atoms with Crippen LogP contribution in [0.1, 0.15) is 12.8 Å². The Morgan fingerprint density at radius 2 is 1.96 bits per heavy atom. The molecule has 124 valence electrons. The minimum atomic E-state index is -3.05. The summed E-state index contributed by atoms with van der Waals surface area (Å²) in [7, 11) is -3.05. The first kappa shape index (κ1) is 16.3. The quantitative estimate of drug-likeness (QED) is 0.885. The molecule has 1 aromatic rings. The molecule has 2 fully saturated rings. The fraction of sp³-hybridized carbons (Fsp3) is 0.467. The van der Waals surface area contributed by atoms with Crippen molar-refractivity contribution < 1.29 is 18.0 Å². The van der Waals surface area contributed by atoms with Crippen LogP contribution in [0.2, 0.25) is 5.02 Å². The van der Waals surface area contributed by atoms with Crippen LogP contribution in [0.25, 0.3) is 0 Å². The Hall–Kier alpha value is -1.60. The molecular weight excluding hydrogens is 340 g/mol. The summed E-state index contributed by atoms with van der Waals surface area (Å²) in [5.41, 5.74) is 0.619. The van der Waals surface area contributed by atoms with E-state index in [1.807, 2.05) is 0 Å². The molecule has 1 aromatic carbocycles. The van der Waals surface area contributed by atoms with Crippen LogP contribution in [-0.4, -0.2) is 49.2 Å². The second-order valence-electron chi connectivity index (χ2n) is 6.00. The third-order valence-electron chi connectivity index (χ3n) is 4.29. The average molecular weight is 357 g/mol. The number of anilines is 1. The molecule has 0 saturated carbocycles. The zero-order valence-electron chi connectivity index (χ0n) is 12.4. The molecule has 3 rings (SSSR count). The van der Waals surface area contributed by atoms with Crippen molar-refractivity contribution in [3.05, 3.63) is 29.3 Å². The third kappa shape index (κ3) is 3.67. The van der Waals surface area contributed by atoms with E-state index in [9.17, 15) is 18.0 Å². The van der Waals surface area contributed by atoms with Crippen LogP contribution in [0.5, 0.6) is 0 Å². The number of carbonyl (C=O) groups excluding carboxylic acids is 2. The molecule has 2 saturated heterocycles. The predicted molar refractivity (Wildman–Crippen MR) is 87.0 cm³/mol. The van der Waals surface area contributed by atoms with Crippen LogP contribution in [0.3, 0.4) is 0 Å². The van der Waals surface area contributed by atoms with Crippen molar-refractivity contribution in [2.24, 2.45) is 5.92 Å². The number of nitrogens with zero attached hydrogens (tertiary/aromatic N) is 1. The Morgan fingerprint density at radius 1 is 1.26 bits per heavy atom. The highest BCUT2D eigenvalue weighted by Gasteiger charge is 2.41. The number of carbonyl (C=O) groups is 2. The van der Waals surface area contributed by atoms with Gasteiger partial charge in [0, 0.05) is 29.7 Å². The molecule has 2 unspecified atom stereocenters. The van der Waals surface area contributed by atoms with Gasteiger partial charge in [0.05, 0.1) is 17.4 Å². The first-order chi connectivity index (χ1) is 10.8. The topological polar surface area (TPSA) is 83.6 Å². The van der Waals surface area contributed by atoms with Crippen molar-refractivity contribution in [2.45, 2.75) is 18.9 Å². The maximum absolute atomic E-state index is 12.3. The van der Waals surface area contributed by atoms with Crippen molar-refractivity contribution in [2.75, 3.05) is 23.4 Å². The highest BCUT2D eigenvalue weighted by molar-refractivity contribution is 7.91. The Kier molecular flexibility index (Phi) is 4.33. The van der Waals surface area contributed by atoms with E-state index in [1.54, 1.807) is 29.2 Å². The normalized spacial score (nSPS) is 26.5. The summed E-state index contributed by atoms with van der Waals surface area (Å²) in [5, 5.41) is 3.34. The molecule has 23 heavy (non-hydrogen) atoms. The summed E-state index contributed by atoms with van der Waals surface area (Å²) in [5.74, 6) is -0.721.